The van der Waals surface area contributed by atoms with Crippen molar-refractivity contribution in [1.82, 2.24) is 10.2 Å². The van der Waals surface area contributed by atoms with Crippen molar-refractivity contribution in [2.75, 3.05) is 18.0 Å². The molecule has 2 aliphatic rings. The van der Waals surface area contributed by atoms with E-state index in [4.69, 9.17) is 4.74 Å². The molecule has 2 heterocycles. The fraction of sp³-hybridized carbons (Fsp3) is 0.500. The molecule has 8 heteroatoms. The Morgan fingerprint density at radius 1 is 1.21 bits per heavy atom. The van der Waals surface area contributed by atoms with Crippen molar-refractivity contribution in [3.63, 3.8) is 0 Å². The Morgan fingerprint density at radius 3 is 2.54 bits per heavy atom. The lowest BCUT2D eigenvalue weighted by Crippen LogP contribution is -2.46. The Kier molecular flexibility index (Phi) is 5.40. The van der Waals surface area contributed by atoms with Crippen molar-refractivity contribution in [3.8, 4) is 0 Å². The highest BCUT2D eigenvalue weighted by atomic mass is 16.5. The molecule has 1 atom stereocenters. The van der Waals surface area contributed by atoms with Crippen LogP contribution in [0.3, 0.4) is 0 Å². The van der Waals surface area contributed by atoms with Gasteiger partial charge in [-0.15, -0.1) is 0 Å². The fourth-order valence-electron chi connectivity index (χ4n) is 3.75. The molecule has 1 N–H and O–H groups in total. The van der Waals surface area contributed by atoms with Crippen LogP contribution in [0.15, 0.2) is 24.3 Å². The van der Waals surface area contributed by atoms with E-state index < -0.39 is 36.1 Å². The van der Waals surface area contributed by atoms with Gasteiger partial charge in [0.15, 0.2) is 6.10 Å². The Hall–Kier alpha value is -2.90. The molecule has 0 bridgehead atoms. The number of benzene rings is 1. The highest BCUT2D eigenvalue weighted by Gasteiger charge is 2.49. The van der Waals surface area contributed by atoms with E-state index in [0.717, 1.165) is 22.6 Å². The lowest BCUT2D eigenvalue weighted by molar-refractivity contribution is -0.155. The number of hydrogen-bond donors (Lipinski definition) is 1. The van der Waals surface area contributed by atoms with Crippen molar-refractivity contribution < 1.29 is 23.9 Å². The molecular formula is C20H25N3O5. The summed E-state index contributed by atoms with van der Waals surface area (Å²) in [7, 11) is 0. The molecule has 1 fully saturated rings. The average Bonchev–Trinajstić information content (AvgIpc) is 3.22. The van der Waals surface area contributed by atoms with E-state index in [-0.39, 0.29) is 5.91 Å². The van der Waals surface area contributed by atoms with Gasteiger partial charge >= 0.3 is 12.0 Å². The third-order valence-corrected chi connectivity index (χ3v) is 5.55. The minimum atomic E-state index is -1.01. The maximum Gasteiger partial charge on any atom is 0.327 e. The summed E-state index contributed by atoms with van der Waals surface area (Å²) in [6, 6.07) is 6.98. The SMILES string of the molecule is CCC1(CC)NC(=O)N(CC(=O)O[C@@H](C)C(=O)N2CCc3ccccc32)C1=O. The van der Waals surface area contributed by atoms with E-state index in [1.807, 2.05) is 24.3 Å². The first-order valence-corrected chi connectivity index (χ1v) is 9.56. The number of rotatable bonds is 6. The van der Waals surface area contributed by atoms with E-state index in [9.17, 15) is 19.2 Å². The number of carbonyl (C=O) groups is 4. The summed E-state index contributed by atoms with van der Waals surface area (Å²) in [6.07, 6.45) is 0.605. The normalized spacial score (nSPS) is 18.7. The summed E-state index contributed by atoms with van der Waals surface area (Å²) in [5.41, 5.74) is 0.919. The predicted molar refractivity (Wildman–Crippen MR) is 102 cm³/mol. The van der Waals surface area contributed by atoms with E-state index in [1.54, 1.807) is 18.7 Å². The van der Waals surface area contributed by atoms with Crippen molar-refractivity contribution in [1.29, 1.82) is 0 Å². The van der Waals surface area contributed by atoms with Gasteiger partial charge in [0.25, 0.3) is 11.8 Å². The third kappa shape index (κ3) is 3.34. The van der Waals surface area contributed by atoms with Crippen molar-refractivity contribution in [2.24, 2.45) is 0 Å². The molecule has 28 heavy (non-hydrogen) atoms. The average molecular weight is 387 g/mol. The molecule has 4 amide bonds. The molecule has 0 aliphatic carbocycles. The monoisotopic (exact) mass is 387 g/mol. The van der Waals surface area contributed by atoms with Gasteiger partial charge < -0.3 is 15.0 Å². The summed E-state index contributed by atoms with van der Waals surface area (Å²) < 4.78 is 5.23. The van der Waals surface area contributed by atoms with Crippen LogP contribution in [0.4, 0.5) is 10.5 Å². The predicted octanol–water partition coefficient (Wildman–Crippen LogP) is 1.62. The molecule has 0 aromatic heterocycles. The number of carbonyl (C=O) groups excluding carboxylic acids is 4. The van der Waals surface area contributed by atoms with Crippen molar-refractivity contribution >= 4 is 29.5 Å². The minimum absolute atomic E-state index is 0.327. The van der Waals surface area contributed by atoms with Crippen LogP contribution in [0.1, 0.15) is 39.2 Å². The van der Waals surface area contributed by atoms with Gasteiger partial charge in [0, 0.05) is 12.2 Å². The molecule has 3 rings (SSSR count). The zero-order valence-corrected chi connectivity index (χ0v) is 16.4. The van der Waals surface area contributed by atoms with Crippen molar-refractivity contribution in [3.05, 3.63) is 29.8 Å². The summed E-state index contributed by atoms with van der Waals surface area (Å²) in [6.45, 7) is 5.12. The smallest absolute Gasteiger partial charge is 0.327 e. The van der Waals surface area contributed by atoms with Crippen LogP contribution >= 0.6 is 0 Å². The Bertz CT molecular complexity index is 818. The number of esters is 1. The molecule has 0 saturated carbocycles. The number of anilines is 1. The van der Waals surface area contributed by atoms with Crippen LogP contribution in [0.5, 0.6) is 0 Å². The van der Waals surface area contributed by atoms with Gasteiger partial charge in [0.1, 0.15) is 12.1 Å². The molecule has 0 spiro atoms. The van der Waals surface area contributed by atoms with Gasteiger partial charge in [-0.05, 0) is 37.8 Å². The number of hydrogen-bond acceptors (Lipinski definition) is 5. The summed E-state index contributed by atoms with van der Waals surface area (Å²) in [4.78, 5) is 52.1. The number of nitrogens with zero attached hydrogens (tertiary/aromatic N) is 2. The number of imide groups is 1. The highest BCUT2D eigenvalue weighted by Crippen LogP contribution is 2.28. The third-order valence-electron chi connectivity index (χ3n) is 5.55. The standard InChI is InChI=1S/C20H25N3O5/c1-4-20(5-2)18(26)23(19(27)21-20)12-16(24)28-13(3)17(25)22-11-10-14-8-6-7-9-15(14)22/h6-9,13H,4-5,10-12H2,1-3H3,(H,21,27)/t13-/m0/s1. The Labute approximate surface area is 163 Å². The molecule has 1 aromatic rings. The zero-order valence-electron chi connectivity index (χ0n) is 16.4. The number of para-hydroxylation sites is 1. The topological polar surface area (TPSA) is 96.0 Å². The minimum Gasteiger partial charge on any atom is -0.451 e. The van der Waals surface area contributed by atoms with Gasteiger partial charge in [-0.1, -0.05) is 32.0 Å². The maximum atomic E-state index is 12.7. The van der Waals surface area contributed by atoms with Gasteiger partial charge in [0.05, 0.1) is 0 Å². The lowest BCUT2D eigenvalue weighted by atomic mass is 9.93. The lowest BCUT2D eigenvalue weighted by Gasteiger charge is -2.24. The van der Waals surface area contributed by atoms with E-state index in [0.29, 0.717) is 19.4 Å². The molecule has 0 radical (unpaired) electrons. The maximum absolute atomic E-state index is 12.7. The van der Waals surface area contributed by atoms with Gasteiger partial charge in [-0.25, -0.2) is 4.79 Å². The fourth-order valence-corrected chi connectivity index (χ4v) is 3.75. The summed E-state index contributed by atoms with van der Waals surface area (Å²) in [5, 5.41) is 2.66. The Morgan fingerprint density at radius 2 is 1.89 bits per heavy atom. The second-order valence-corrected chi connectivity index (χ2v) is 7.11. The first-order valence-electron chi connectivity index (χ1n) is 9.56. The number of amides is 4. The van der Waals surface area contributed by atoms with Gasteiger partial charge in [0.2, 0.25) is 0 Å². The van der Waals surface area contributed by atoms with Crippen LogP contribution in [0.25, 0.3) is 0 Å². The molecule has 1 saturated heterocycles. The largest absolute Gasteiger partial charge is 0.451 e. The second kappa shape index (κ2) is 7.61. The second-order valence-electron chi connectivity index (χ2n) is 7.11. The molecule has 2 aliphatic heterocycles. The zero-order chi connectivity index (χ0) is 20.5. The first kappa shape index (κ1) is 19.9. The highest BCUT2D eigenvalue weighted by molar-refractivity contribution is 6.08. The molecular weight excluding hydrogens is 362 g/mol. The quantitative estimate of drug-likeness (QED) is 0.591. The summed E-state index contributed by atoms with van der Waals surface area (Å²) in [5.74, 6) is -1.56. The molecule has 150 valence electrons. The van der Waals surface area contributed by atoms with E-state index >= 15 is 0 Å². The number of ether oxygens (including phenoxy) is 1. The van der Waals surface area contributed by atoms with Crippen molar-refractivity contribution in [2.45, 2.75) is 51.7 Å². The number of nitrogens with one attached hydrogen (secondary N) is 1. The first-order chi connectivity index (χ1) is 13.3. The van der Waals surface area contributed by atoms with Crippen LogP contribution in [0, 0.1) is 0 Å². The van der Waals surface area contributed by atoms with Gasteiger partial charge in [-0.3, -0.25) is 19.3 Å². The molecule has 0 unspecified atom stereocenters. The van der Waals surface area contributed by atoms with Gasteiger partial charge in [-0.2, -0.15) is 0 Å². The number of fused-ring (bicyclic) bond motifs is 1. The van der Waals surface area contributed by atoms with Crippen LogP contribution in [-0.4, -0.2) is 53.4 Å². The van der Waals surface area contributed by atoms with Crippen LogP contribution in [-0.2, 0) is 25.5 Å². The van der Waals surface area contributed by atoms with Crippen LogP contribution in [0.2, 0.25) is 0 Å². The molecule has 8 nitrogen and oxygen atoms in total. The van der Waals surface area contributed by atoms with Crippen LogP contribution < -0.4 is 10.2 Å². The summed E-state index contributed by atoms with van der Waals surface area (Å²) >= 11 is 0. The molecule has 1 aromatic carbocycles. The van der Waals surface area contributed by atoms with E-state index in [2.05, 4.69) is 5.32 Å². The number of urea groups is 1. The Balaban J connectivity index is 1.62. The van der Waals surface area contributed by atoms with E-state index in [1.165, 1.54) is 6.92 Å².